The average molecular weight is 274 g/mol. The highest BCUT2D eigenvalue weighted by Crippen LogP contribution is 2.25. The molecule has 92 valence electrons. The SMILES string of the molecule is NC(=S)c1ccc(NC2CCSC2)c(F)c1F. The molecule has 0 radical (unpaired) electrons. The van der Waals surface area contributed by atoms with Gasteiger partial charge in [-0.1, -0.05) is 12.2 Å². The predicted molar refractivity (Wildman–Crippen MR) is 71.6 cm³/mol. The lowest BCUT2D eigenvalue weighted by Gasteiger charge is -2.14. The highest BCUT2D eigenvalue weighted by atomic mass is 32.2. The van der Waals surface area contributed by atoms with E-state index in [4.69, 9.17) is 5.73 Å². The molecule has 0 aliphatic carbocycles. The van der Waals surface area contributed by atoms with Crippen molar-refractivity contribution in [3.05, 3.63) is 29.3 Å². The fourth-order valence-corrected chi connectivity index (χ4v) is 3.03. The maximum absolute atomic E-state index is 13.7. The normalized spacial score (nSPS) is 19.3. The summed E-state index contributed by atoms with van der Waals surface area (Å²) in [5.74, 6) is 0.0746. The minimum absolute atomic E-state index is 0.0520. The van der Waals surface area contributed by atoms with Gasteiger partial charge in [0.1, 0.15) is 4.99 Å². The lowest BCUT2D eigenvalue weighted by atomic mass is 10.1. The molecule has 1 unspecified atom stereocenters. The Morgan fingerprint density at radius 3 is 2.76 bits per heavy atom. The number of halogens is 2. The van der Waals surface area contributed by atoms with Crippen molar-refractivity contribution in [3.8, 4) is 0 Å². The molecule has 6 heteroatoms. The van der Waals surface area contributed by atoms with E-state index in [0.29, 0.717) is 0 Å². The molecule has 0 spiro atoms. The van der Waals surface area contributed by atoms with Crippen LogP contribution in [0.15, 0.2) is 12.1 Å². The van der Waals surface area contributed by atoms with E-state index in [0.717, 1.165) is 17.9 Å². The zero-order valence-corrected chi connectivity index (χ0v) is 10.6. The summed E-state index contributed by atoms with van der Waals surface area (Å²) < 4.78 is 27.3. The van der Waals surface area contributed by atoms with Crippen molar-refractivity contribution in [2.24, 2.45) is 5.73 Å². The van der Waals surface area contributed by atoms with Crippen LogP contribution in [0.1, 0.15) is 12.0 Å². The summed E-state index contributed by atoms with van der Waals surface area (Å²) in [6, 6.07) is 3.09. The number of hydrogen-bond acceptors (Lipinski definition) is 3. The van der Waals surface area contributed by atoms with Crippen molar-refractivity contribution in [1.29, 1.82) is 0 Å². The number of anilines is 1. The van der Waals surface area contributed by atoms with Crippen LogP contribution in [0, 0.1) is 11.6 Å². The Labute approximate surface area is 108 Å². The zero-order valence-electron chi connectivity index (χ0n) is 9.00. The second kappa shape index (κ2) is 5.18. The fraction of sp³-hybridized carbons (Fsp3) is 0.364. The monoisotopic (exact) mass is 274 g/mol. The van der Waals surface area contributed by atoms with Gasteiger partial charge in [-0.25, -0.2) is 8.78 Å². The first kappa shape index (κ1) is 12.6. The van der Waals surface area contributed by atoms with Crippen molar-refractivity contribution in [1.82, 2.24) is 0 Å². The lowest BCUT2D eigenvalue weighted by molar-refractivity contribution is 0.508. The van der Waals surface area contributed by atoms with Crippen LogP contribution in [0.3, 0.4) is 0 Å². The fourth-order valence-electron chi connectivity index (χ4n) is 1.72. The Morgan fingerprint density at radius 2 is 2.18 bits per heavy atom. The van der Waals surface area contributed by atoms with Crippen LogP contribution in [0.4, 0.5) is 14.5 Å². The van der Waals surface area contributed by atoms with Crippen LogP contribution >= 0.6 is 24.0 Å². The molecular formula is C11H12F2N2S2. The van der Waals surface area contributed by atoms with Gasteiger partial charge in [0.05, 0.1) is 5.69 Å². The minimum atomic E-state index is -0.979. The Balaban J connectivity index is 2.23. The molecule has 1 aromatic rings. The molecule has 1 atom stereocenters. The first-order chi connectivity index (χ1) is 8.09. The van der Waals surface area contributed by atoms with E-state index in [-0.39, 0.29) is 22.3 Å². The quantitative estimate of drug-likeness (QED) is 0.831. The van der Waals surface area contributed by atoms with Gasteiger partial charge in [-0.05, 0) is 24.3 Å². The Kier molecular flexibility index (Phi) is 3.83. The summed E-state index contributed by atoms with van der Waals surface area (Å²) in [6.45, 7) is 0. The number of thioether (sulfide) groups is 1. The van der Waals surface area contributed by atoms with E-state index in [2.05, 4.69) is 17.5 Å². The van der Waals surface area contributed by atoms with Gasteiger partial charge < -0.3 is 11.1 Å². The van der Waals surface area contributed by atoms with E-state index in [9.17, 15) is 8.78 Å². The minimum Gasteiger partial charge on any atom is -0.389 e. The maximum Gasteiger partial charge on any atom is 0.182 e. The highest BCUT2D eigenvalue weighted by molar-refractivity contribution is 7.99. The summed E-state index contributed by atoms with van der Waals surface area (Å²) in [6.07, 6.45) is 0.961. The van der Waals surface area contributed by atoms with Crippen LogP contribution in [0.5, 0.6) is 0 Å². The average Bonchev–Trinajstić information content (AvgIpc) is 2.77. The molecule has 17 heavy (non-hydrogen) atoms. The van der Waals surface area contributed by atoms with Gasteiger partial charge in [0.25, 0.3) is 0 Å². The Bertz CT molecular complexity index is 445. The molecule has 1 saturated heterocycles. The number of hydrogen-bond donors (Lipinski definition) is 2. The number of nitrogens with two attached hydrogens (primary N) is 1. The molecule has 1 aliphatic heterocycles. The molecule has 1 aromatic carbocycles. The Hall–Kier alpha value is -0.880. The molecule has 1 aliphatic rings. The van der Waals surface area contributed by atoms with Gasteiger partial charge in [-0.3, -0.25) is 0 Å². The van der Waals surface area contributed by atoms with Crippen LogP contribution in [-0.2, 0) is 0 Å². The molecule has 1 heterocycles. The molecule has 0 saturated carbocycles. The number of rotatable bonds is 3. The molecule has 2 rings (SSSR count). The van der Waals surface area contributed by atoms with Crippen molar-refractivity contribution in [3.63, 3.8) is 0 Å². The third kappa shape index (κ3) is 2.69. The molecule has 1 fully saturated rings. The maximum atomic E-state index is 13.7. The van der Waals surface area contributed by atoms with Crippen LogP contribution in [-0.4, -0.2) is 22.5 Å². The van der Waals surface area contributed by atoms with Crippen molar-refractivity contribution < 1.29 is 8.78 Å². The molecule has 3 N–H and O–H groups in total. The molecular weight excluding hydrogens is 262 g/mol. The molecule has 2 nitrogen and oxygen atoms in total. The van der Waals surface area contributed by atoms with E-state index in [1.807, 2.05) is 0 Å². The van der Waals surface area contributed by atoms with E-state index in [1.165, 1.54) is 12.1 Å². The van der Waals surface area contributed by atoms with Gasteiger partial charge in [0, 0.05) is 17.4 Å². The lowest BCUT2D eigenvalue weighted by Crippen LogP contribution is -2.20. The number of nitrogens with one attached hydrogen (secondary N) is 1. The number of benzene rings is 1. The van der Waals surface area contributed by atoms with Crippen molar-refractivity contribution in [2.45, 2.75) is 12.5 Å². The summed E-state index contributed by atoms with van der Waals surface area (Å²) in [5, 5.41) is 3.00. The third-order valence-corrected chi connectivity index (χ3v) is 4.02. The van der Waals surface area contributed by atoms with Crippen molar-refractivity contribution >= 4 is 34.7 Å². The van der Waals surface area contributed by atoms with Gasteiger partial charge in [0.15, 0.2) is 11.6 Å². The second-order valence-corrected chi connectivity index (χ2v) is 5.45. The first-order valence-corrected chi connectivity index (χ1v) is 6.78. The van der Waals surface area contributed by atoms with Gasteiger partial charge in [0.2, 0.25) is 0 Å². The summed E-state index contributed by atoms with van der Waals surface area (Å²) >= 11 is 6.44. The van der Waals surface area contributed by atoms with E-state index in [1.54, 1.807) is 11.8 Å². The van der Waals surface area contributed by atoms with Gasteiger partial charge in [-0.15, -0.1) is 0 Å². The summed E-state index contributed by atoms with van der Waals surface area (Å²) in [7, 11) is 0. The predicted octanol–water partition coefficient (Wildman–Crippen LogP) is 2.52. The van der Waals surface area contributed by atoms with E-state index >= 15 is 0 Å². The van der Waals surface area contributed by atoms with Crippen LogP contribution in [0.25, 0.3) is 0 Å². The van der Waals surface area contributed by atoms with E-state index < -0.39 is 11.6 Å². The summed E-state index contributed by atoms with van der Waals surface area (Å²) in [5.41, 5.74) is 5.42. The molecule has 0 amide bonds. The molecule has 0 aromatic heterocycles. The smallest absolute Gasteiger partial charge is 0.182 e. The van der Waals surface area contributed by atoms with Crippen LogP contribution in [0.2, 0.25) is 0 Å². The topological polar surface area (TPSA) is 38.0 Å². The van der Waals surface area contributed by atoms with Gasteiger partial charge >= 0.3 is 0 Å². The van der Waals surface area contributed by atoms with Gasteiger partial charge in [-0.2, -0.15) is 11.8 Å². The largest absolute Gasteiger partial charge is 0.389 e. The van der Waals surface area contributed by atoms with Crippen molar-refractivity contribution in [2.75, 3.05) is 16.8 Å². The summed E-state index contributed by atoms with van der Waals surface area (Å²) in [4.78, 5) is -0.135. The zero-order chi connectivity index (χ0) is 12.4. The third-order valence-electron chi connectivity index (χ3n) is 2.64. The Morgan fingerprint density at radius 1 is 1.41 bits per heavy atom. The van der Waals surface area contributed by atoms with Crippen LogP contribution < -0.4 is 11.1 Å². The highest BCUT2D eigenvalue weighted by Gasteiger charge is 2.19. The standard InChI is InChI=1S/C11H12F2N2S2/c12-9-7(11(14)16)1-2-8(10(9)13)15-6-3-4-17-5-6/h1-2,6,15H,3-5H2,(H2,14,16). The first-order valence-electron chi connectivity index (χ1n) is 5.21. The second-order valence-electron chi connectivity index (χ2n) is 3.86. The number of thiocarbonyl (C=S) groups is 1. The molecule has 0 bridgehead atoms.